The van der Waals surface area contributed by atoms with Crippen LogP contribution in [0.2, 0.25) is 5.02 Å². The fraction of sp³-hybridized carbons (Fsp3) is 0.300. The molecule has 0 aromatic heterocycles. The third-order valence-electron chi connectivity index (χ3n) is 4.63. The molecule has 0 aliphatic carbocycles. The van der Waals surface area contributed by atoms with Crippen molar-refractivity contribution >= 4 is 44.8 Å². The van der Waals surface area contributed by atoms with Crippen molar-refractivity contribution in [2.24, 2.45) is 5.41 Å². The lowest BCUT2D eigenvalue weighted by atomic mass is 9.95. The number of carbonyl (C=O) groups excluding carboxylic acids is 2. The van der Waals surface area contributed by atoms with Gasteiger partial charge in [0.2, 0.25) is 15.9 Å². The normalized spacial score (nSPS) is 17.6. The Hall–Kier alpha value is -2.38. The Kier molecular flexibility index (Phi) is 5.25. The smallest absolute Gasteiger partial charge is 0.259 e. The SMILES string of the molecule is CCN(C(=O)c1cc(N2C(=O)C(C)(C)CS2(=O)=O)ccc1Cl)c1ccccc1. The van der Waals surface area contributed by atoms with Crippen LogP contribution in [-0.2, 0) is 14.8 Å². The maximum atomic E-state index is 13.1. The van der Waals surface area contributed by atoms with E-state index >= 15 is 0 Å². The van der Waals surface area contributed by atoms with Crippen LogP contribution in [0.25, 0.3) is 0 Å². The Bertz CT molecular complexity index is 1040. The van der Waals surface area contributed by atoms with E-state index in [1.54, 1.807) is 26.0 Å². The molecule has 0 N–H and O–H groups in total. The summed E-state index contributed by atoms with van der Waals surface area (Å²) in [6.07, 6.45) is 0. The summed E-state index contributed by atoms with van der Waals surface area (Å²) < 4.78 is 25.9. The van der Waals surface area contributed by atoms with E-state index in [0.29, 0.717) is 12.2 Å². The zero-order valence-corrected chi connectivity index (χ0v) is 17.4. The van der Waals surface area contributed by atoms with Gasteiger partial charge in [0, 0.05) is 12.2 Å². The molecule has 1 saturated heterocycles. The number of anilines is 2. The summed E-state index contributed by atoms with van der Waals surface area (Å²) in [5.41, 5.74) is -0.0743. The minimum atomic E-state index is -3.81. The van der Waals surface area contributed by atoms with Crippen molar-refractivity contribution in [3.63, 3.8) is 0 Å². The van der Waals surface area contributed by atoms with Gasteiger partial charge in [-0.25, -0.2) is 12.7 Å². The quantitative estimate of drug-likeness (QED) is 0.755. The molecule has 8 heteroatoms. The minimum Gasteiger partial charge on any atom is -0.309 e. The van der Waals surface area contributed by atoms with Crippen molar-refractivity contribution in [2.45, 2.75) is 20.8 Å². The van der Waals surface area contributed by atoms with Gasteiger partial charge in [-0.1, -0.05) is 29.8 Å². The molecule has 2 aromatic carbocycles. The van der Waals surface area contributed by atoms with Gasteiger partial charge in [0.1, 0.15) is 0 Å². The highest BCUT2D eigenvalue weighted by atomic mass is 35.5. The van der Waals surface area contributed by atoms with Crippen LogP contribution >= 0.6 is 11.6 Å². The summed E-state index contributed by atoms with van der Waals surface area (Å²) in [7, 11) is -3.81. The number of sulfonamides is 1. The van der Waals surface area contributed by atoms with Crippen molar-refractivity contribution in [1.29, 1.82) is 0 Å². The molecule has 1 aliphatic heterocycles. The van der Waals surface area contributed by atoms with Crippen LogP contribution in [0.1, 0.15) is 31.1 Å². The van der Waals surface area contributed by atoms with Gasteiger partial charge < -0.3 is 4.90 Å². The Labute approximate surface area is 169 Å². The highest BCUT2D eigenvalue weighted by molar-refractivity contribution is 7.94. The highest BCUT2D eigenvalue weighted by Crippen LogP contribution is 2.37. The summed E-state index contributed by atoms with van der Waals surface area (Å²) in [6, 6.07) is 13.3. The molecule has 0 spiro atoms. The second-order valence-electron chi connectivity index (χ2n) is 7.26. The zero-order valence-electron chi connectivity index (χ0n) is 15.8. The van der Waals surface area contributed by atoms with E-state index in [4.69, 9.17) is 11.6 Å². The molecule has 0 bridgehead atoms. The molecule has 2 aromatic rings. The molecule has 1 heterocycles. The van der Waals surface area contributed by atoms with E-state index in [-0.39, 0.29) is 27.9 Å². The first-order chi connectivity index (χ1) is 13.1. The second-order valence-corrected chi connectivity index (χ2v) is 9.48. The summed E-state index contributed by atoms with van der Waals surface area (Å²) >= 11 is 6.25. The van der Waals surface area contributed by atoms with Crippen LogP contribution in [0.3, 0.4) is 0 Å². The molecule has 28 heavy (non-hydrogen) atoms. The number of benzene rings is 2. The first kappa shape index (κ1) is 20.4. The number of carbonyl (C=O) groups is 2. The molecule has 3 rings (SSSR count). The van der Waals surface area contributed by atoms with Crippen LogP contribution in [0, 0.1) is 5.41 Å². The van der Waals surface area contributed by atoms with Gasteiger partial charge in [-0.3, -0.25) is 9.59 Å². The number of hydrogen-bond donors (Lipinski definition) is 0. The number of nitrogens with zero attached hydrogens (tertiary/aromatic N) is 2. The Morgan fingerprint density at radius 3 is 2.36 bits per heavy atom. The lowest BCUT2D eigenvalue weighted by Gasteiger charge is -2.23. The van der Waals surface area contributed by atoms with Crippen LogP contribution in [0.5, 0.6) is 0 Å². The van der Waals surface area contributed by atoms with E-state index in [2.05, 4.69) is 0 Å². The molecule has 148 valence electrons. The van der Waals surface area contributed by atoms with Gasteiger partial charge in [-0.15, -0.1) is 0 Å². The molecule has 0 atom stereocenters. The van der Waals surface area contributed by atoms with Crippen LogP contribution < -0.4 is 9.21 Å². The molecular formula is C20H21ClN2O4S. The van der Waals surface area contributed by atoms with Crippen molar-refractivity contribution in [1.82, 2.24) is 0 Å². The number of amides is 2. The average molecular weight is 421 g/mol. The molecule has 0 radical (unpaired) electrons. The summed E-state index contributed by atoms with van der Waals surface area (Å²) in [5.74, 6) is -1.18. The standard InChI is InChI=1S/C20H21ClN2O4S/c1-4-22(14-8-6-5-7-9-14)18(24)16-12-15(10-11-17(16)21)23-19(25)20(2,3)13-28(23,26)27/h5-12H,4,13H2,1-3H3. The fourth-order valence-electron chi connectivity index (χ4n) is 3.26. The molecular weight excluding hydrogens is 400 g/mol. The van der Waals surface area contributed by atoms with Gasteiger partial charge >= 0.3 is 0 Å². The van der Waals surface area contributed by atoms with Crippen molar-refractivity contribution in [3.05, 3.63) is 59.1 Å². The highest BCUT2D eigenvalue weighted by Gasteiger charge is 2.50. The largest absolute Gasteiger partial charge is 0.309 e. The second kappa shape index (κ2) is 7.22. The molecule has 6 nitrogen and oxygen atoms in total. The third kappa shape index (κ3) is 3.52. The predicted molar refractivity (Wildman–Crippen MR) is 110 cm³/mol. The van der Waals surface area contributed by atoms with Gasteiger partial charge in [0.25, 0.3) is 5.91 Å². The monoisotopic (exact) mass is 420 g/mol. The van der Waals surface area contributed by atoms with E-state index < -0.39 is 21.3 Å². The van der Waals surface area contributed by atoms with Gasteiger partial charge in [-0.05, 0) is 51.1 Å². The maximum absolute atomic E-state index is 13.1. The van der Waals surface area contributed by atoms with Crippen LogP contribution in [-0.4, -0.2) is 32.5 Å². The molecule has 1 aliphatic rings. The Morgan fingerprint density at radius 2 is 1.82 bits per heavy atom. The summed E-state index contributed by atoms with van der Waals surface area (Å²) in [4.78, 5) is 27.3. The molecule has 2 amide bonds. The van der Waals surface area contributed by atoms with Gasteiger partial charge in [-0.2, -0.15) is 0 Å². The van der Waals surface area contributed by atoms with E-state index in [1.807, 2.05) is 25.1 Å². The van der Waals surface area contributed by atoms with Crippen LogP contribution in [0.4, 0.5) is 11.4 Å². The van der Waals surface area contributed by atoms with Crippen molar-refractivity contribution in [2.75, 3.05) is 21.5 Å². The van der Waals surface area contributed by atoms with Gasteiger partial charge in [0.15, 0.2) is 0 Å². The first-order valence-electron chi connectivity index (χ1n) is 8.82. The minimum absolute atomic E-state index is 0.118. The number of rotatable bonds is 4. The fourth-order valence-corrected chi connectivity index (χ4v) is 5.56. The Morgan fingerprint density at radius 1 is 1.18 bits per heavy atom. The number of halogens is 1. The van der Waals surface area contributed by atoms with E-state index in [0.717, 1.165) is 4.31 Å². The molecule has 0 saturated carbocycles. The lowest BCUT2D eigenvalue weighted by Crippen LogP contribution is -2.34. The number of para-hydroxylation sites is 1. The maximum Gasteiger partial charge on any atom is 0.259 e. The zero-order chi connectivity index (χ0) is 20.7. The van der Waals surface area contributed by atoms with E-state index in [1.165, 1.54) is 23.1 Å². The van der Waals surface area contributed by atoms with E-state index in [9.17, 15) is 18.0 Å². The van der Waals surface area contributed by atoms with Crippen LogP contribution in [0.15, 0.2) is 48.5 Å². The Balaban J connectivity index is 2.05. The molecule has 0 unspecified atom stereocenters. The topological polar surface area (TPSA) is 74.8 Å². The third-order valence-corrected chi connectivity index (χ3v) is 6.98. The summed E-state index contributed by atoms with van der Waals surface area (Å²) in [6.45, 7) is 5.41. The lowest BCUT2D eigenvalue weighted by molar-refractivity contribution is -0.123. The van der Waals surface area contributed by atoms with Crippen molar-refractivity contribution in [3.8, 4) is 0 Å². The van der Waals surface area contributed by atoms with Crippen molar-refractivity contribution < 1.29 is 18.0 Å². The van der Waals surface area contributed by atoms with Gasteiger partial charge in [0.05, 0.1) is 27.4 Å². The average Bonchev–Trinajstić information content (AvgIpc) is 2.80. The molecule has 1 fully saturated rings. The first-order valence-corrected chi connectivity index (χ1v) is 10.8. The number of hydrogen-bond acceptors (Lipinski definition) is 4. The summed E-state index contributed by atoms with van der Waals surface area (Å²) in [5, 5.41) is 0.187. The predicted octanol–water partition coefficient (Wildman–Crippen LogP) is 3.71.